The van der Waals surface area contributed by atoms with Crippen molar-refractivity contribution in [3.05, 3.63) is 29.1 Å². The lowest BCUT2D eigenvalue weighted by Gasteiger charge is -2.23. The number of hydrogen-bond acceptors (Lipinski definition) is 6. The lowest BCUT2D eigenvalue weighted by Crippen LogP contribution is -2.48. The van der Waals surface area contributed by atoms with Gasteiger partial charge in [-0.1, -0.05) is 24.0 Å². The maximum Gasteiger partial charge on any atom is 0.266 e. The van der Waals surface area contributed by atoms with E-state index in [4.69, 9.17) is 16.6 Å². The van der Waals surface area contributed by atoms with Gasteiger partial charge in [-0.2, -0.15) is 0 Å². The van der Waals surface area contributed by atoms with Crippen molar-refractivity contribution >= 4 is 46.3 Å². The molecule has 1 aliphatic heterocycles. The van der Waals surface area contributed by atoms with Crippen LogP contribution >= 0.6 is 24.0 Å². The van der Waals surface area contributed by atoms with Crippen molar-refractivity contribution in [2.75, 3.05) is 0 Å². The van der Waals surface area contributed by atoms with E-state index in [1.165, 1.54) is 19.3 Å². The number of thioether (sulfide) groups is 1. The summed E-state index contributed by atoms with van der Waals surface area (Å²) in [4.78, 5) is 24.2. The number of nitrogens with zero attached hydrogens (tertiary/aromatic N) is 1. The molecule has 1 aromatic heterocycles. The third kappa shape index (κ3) is 2.32. The highest BCUT2D eigenvalue weighted by Crippen LogP contribution is 2.33. The number of carbonyl (C=O) groups is 2. The van der Waals surface area contributed by atoms with Gasteiger partial charge in [0.25, 0.3) is 5.91 Å². The zero-order valence-corrected chi connectivity index (χ0v) is 10.9. The van der Waals surface area contributed by atoms with Gasteiger partial charge in [-0.3, -0.25) is 9.69 Å². The first-order valence-corrected chi connectivity index (χ1v) is 6.24. The Hall–Kier alpha value is -1.60. The van der Waals surface area contributed by atoms with Crippen LogP contribution in [-0.4, -0.2) is 27.1 Å². The number of thiocarbonyl (C=S) groups is 1. The molecule has 0 N–H and O–H groups in total. The van der Waals surface area contributed by atoms with Crippen molar-refractivity contribution in [1.29, 1.82) is 0 Å². The summed E-state index contributed by atoms with van der Waals surface area (Å²) in [6.07, 6.45) is 3.01. The van der Waals surface area contributed by atoms with Gasteiger partial charge in [0.05, 0.1) is 23.2 Å². The van der Waals surface area contributed by atoms with Crippen molar-refractivity contribution in [1.82, 2.24) is 4.90 Å². The summed E-state index contributed by atoms with van der Waals surface area (Å²) in [5, 5.41) is 10.8. The Bertz CT molecular complexity index is 535. The summed E-state index contributed by atoms with van der Waals surface area (Å²) in [6, 6.07) is 2.30. The normalized spacial score (nSPS) is 19.6. The van der Waals surface area contributed by atoms with E-state index in [0.717, 1.165) is 16.7 Å². The van der Waals surface area contributed by atoms with E-state index in [0.29, 0.717) is 10.7 Å². The van der Waals surface area contributed by atoms with E-state index in [-0.39, 0.29) is 4.32 Å². The first kappa shape index (κ1) is 12.8. The predicted octanol–water partition coefficient (Wildman–Crippen LogP) is 0.619. The summed E-state index contributed by atoms with van der Waals surface area (Å²) in [5.41, 5.74) is 0. The molecule has 0 aliphatic carbocycles. The van der Waals surface area contributed by atoms with Gasteiger partial charge in [0.1, 0.15) is 10.1 Å². The maximum atomic E-state index is 12.0. The highest BCUT2D eigenvalue weighted by atomic mass is 32.2. The molecule has 2 heterocycles. The Morgan fingerprint density at radius 3 is 2.94 bits per heavy atom. The molecule has 0 saturated carbocycles. The summed E-state index contributed by atoms with van der Waals surface area (Å²) in [5.74, 6) is -1.28. The second-order valence-corrected chi connectivity index (χ2v) is 5.24. The third-order valence-electron chi connectivity index (χ3n) is 2.37. The van der Waals surface area contributed by atoms with Gasteiger partial charge in [-0.15, -0.1) is 0 Å². The van der Waals surface area contributed by atoms with Crippen LogP contribution in [0.5, 0.6) is 0 Å². The van der Waals surface area contributed by atoms with Crippen molar-refractivity contribution < 1.29 is 19.1 Å². The van der Waals surface area contributed by atoms with Crippen LogP contribution in [0.3, 0.4) is 0 Å². The number of rotatable bonds is 3. The van der Waals surface area contributed by atoms with Crippen LogP contribution in [0.15, 0.2) is 27.7 Å². The molecule has 1 saturated heterocycles. The van der Waals surface area contributed by atoms with Gasteiger partial charge in [-0.25, -0.2) is 0 Å². The highest BCUT2D eigenvalue weighted by molar-refractivity contribution is 8.26. The van der Waals surface area contributed by atoms with Crippen LogP contribution < -0.4 is 5.11 Å². The topological polar surface area (TPSA) is 73.6 Å². The van der Waals surface area contributed by atoms with Gasteiger partial charge in [0.15, 0.2) is 0 Å². The first-order valence-electron chi connectivity index (χ1n) is 5.02. The fraction of sp³-hybridized carbons (Fsp3) is 0.182. The molecule has 0 aromatic carbocycles. The van der Waals surface area contributed by atoms with E-state index in [9.17, 15) is 14.7 Å². The molecule has 18 heavy (non-hydrogen) atoms. The number of hydrogen-bond donors (Lipinski definition) is 0. The second kappa shape index (κ2) is 4.95. The van der Waals surface area contributed by atoms with Crippen LogP contribution in [0.1, 0.15) is 12.7 Å². The number of carboxylic acid groups (broad SMARTS) is 1. The Labute approximate surface area is 112 Å². The molecule has 0 spiro atoms. The smallest absolute Gasteiger partial charge is 0.266 e. The molecular formula is C11H8NO4S2-. The monoisotopic (exact) mass is 282 g/mol. The zero-order chi connectivity index (χ0) is 13.3. The predicted molar refractivity (Wildman–Crippen MR) is 68.2 cm³/mol. The molecule has 2 rings (SSSR count). The molecule has 7 heteroatoms. The minimum Gasteiger partial charge on any atom is -0.548 e. The number of carboxylic acids is 1. The Balaban J connectivity index is 2.27. The van der Waals surface area contributed by atoms with Crippen LogP contribution in [-0.2, 0) is 9.59 Å². The van der Waals surface area contributed by atoms with E-state index in [2.05, 4.69) is 0 Å². The molecule has 0 bridgehead atoms. The fourth-order valence-electron chi connectivity index (χ4n) is 1.42. The van der Waals surface area contributed by atoms with Gasteiger partial charge in [0, 0.05) is 6.08 Å². The number of furan rings is 1. The van der Waals surface area contributed by atoms with Crippen molar-refractivity contribution in [3.8, 4) is 0 Å². The summed E-state index contributed by atoms with van der Waals surface area (Å²) >= 11 is 6.03. The average molecular weight is 282 g/mol. The van der Waals surface area contributed by atoms with Crippen molar-refractivity contribution in [3.63, 3.8) is 0 Å². The minimum absolute atomic E-state index is 0.203. The van der Waals surface area contributed by atoms with E-state index >= 15 is 0 Å². The minimum atomic E-state index is -1.34. The van der Waals surface area contributed by atoms with E-state index < -0.39 is 17.9 Å². The molecule has 1 atom stereocenters. The lowest BCUT2D eigenvalue weighted by molar-refractivity contribution is -0.309. The molecule has 1 fully saturated rings. The SMILES string of the molecule is C[C@H](C(=O)[O-])N1C(=O)C(=Cc2ccco2)SC1=S. The molecule has 1 aromatic rings. The van der Waals surface area contributed by atoms with Crippen LogP contribution in [0.25, 0.3) is 6.08 Å². The average Bonchev–Trinajstić information content (AvgIpc) is 2.88. The quantitative estimate of drug-likeness (QED) is 0.597. The Morgan fingerprint density at radius 1 is 1.67 bits per heavy atom. The Kier molecular flexibility index (Phi) is 3.53. The molecule has 1 aliphatic rings. The highest BCUT2D eigenvalue weighted by Gasteiger charge is 2.35. The zero-order valence-electron chi connectivity index (χ0n) is 9.28. The van der Waals surface area contributed by atoms with Crippen LogP contribution in [0.4, 0.5) is 0 Å². The van der Waals surface area contributed by atoms with Crippen LogP contribution in [0.2, 0.25) is 0 Å². The second-order valence-electron chi connectivity index (χ2n) is 3.56. The summed E-state index contributed by atoms with van der Waals surface area (Å²) < 4.78 is 5.29. The van der Waals surface area contributed by atoms with Gasteiger partial charge in [-0.05, 0) is 19.1 Å². The summed E-state index contributed by atoms with van der Waals surface area (Å²) in [6.45, 7) is 1.36. The molecule has 5 nitrogen and oxygen atoms in total. The van der Waals surface area contributed by atoms with Gasteiger partial charge >= 0.3 is 0 Å². The third-order valence-corrected chi connectivity index (χ3v) is 3.70. The van der Waals surface area contributed by atoms with E-state index in [1.54, 1.807) is 12.1 Å². The fourth-order valence-corrected chi connectivity index (χ4v) is 2.82. The number of aliphatic carboxylic acids is 1. The number of amides is 1. The molecule has 0 radical (unpaired) electrons. The van der Waals surface area contributed by atoms with Gasteiger partial charge in [0.2, 0.25) is 0 Å². The molecule has 1 amide bonds. The van der Waals surface area contributed by atoms with Crippen LogP contribution in [0, 0.1) is 0 Å². The molecule has 94 valence electrons. The van der Waals surface area contributed by atoms with Crippen molar-refractivity contribution in [2.45, 2.75) is 13.0 Å². The Morgan fingerprint density at radius 2 is 2.39 bits per heavy atom. The van der Waals surface area contributed by atoms with E-state index in [1.807, 2.05) is 0 Å². The lowest BCUT2D eigenvalue weighted by atomic mass is 10.3. The molecular weight excluding hydrogens is 274 g/mol. The largest absolute Gasteiger partial charge is 0.548 e. The first-order chi connectivity index (χ1) is 8.50. The maximum absolute atomic E-state index is 12.0. The molecule has 0 unspecified atom stereocenters. The summed E-state index contributed by atoms with van der Waals surface area (Å²) in [7, 11) is 0. The van der Waals surface area contributed by atoms with Gasteiger partial charge < -0.3 is 14.3 Å². The van der Waals surface area contributed by atoms with Crippen molar-refractivity contribution in [2.24, 2.45) is 0 Å². The number of carbonyl (C=O) groups excluding carboxylic acids is 2. The standard InChI is InChI=1S/C11H9NO4S2/c1-6(10(14)15)12-9(13)8(18-11(12)17)5-7-3-2-4-16-7/h2-6H,1H3,(H,14,15)/p-1/t6-/m1/s1.